The van der Waals surface area contributed by atoms with Gasteiger partial charge < -0.3 is 4.90 Å². The molecule has 2 heteroatoms. The monoisotopic (exact) mass is 260 g/mol. The summed E-state index contributed by atoms with van der Waals surface area (Å²) in [5.41, 5.74) is 2.93. The highest BCUT2D eigenvalue weighted by Gasteiger charge is 2.11. The molecule has 0 unspecified atom stereocenters. The standard InChI is InChI=1S/C18H14NO/c20-18-13-7-12-17(14-18)19(15-8-3-1-4-9-15)16-10-5-2-6-11-16/h1-14H. The number of nitrogens with zero attached hydrogens (tertiary/aromatic N) is 1. The van der Waals surface area contributed by atoms with E-state index < -0.39 is 0 Å². The van der Waals surface area contributed by atoms with Crippen LogP contribution >= 0.6 is 0 Å². The molecule has 1 radical (unpaired) electrons. The maximum absolute atomic E-state index is 11.6. The van der Waals surface area contributed by atoms with Crippen LogP contribution in [0.2, 0.25) is 0 Å². The molecule has 0 amide bonds. The predicted octanol–water partition coefficient (Wildman–Crippen LogP) is 5.30. The number of para-hydroxylation sites is 2. The summed E-state index contributed by atoms with van der Waals surface area (Å²) in [4.78, 5) is 2.07. The van der Waals surface area contributed by atoms with Crippen LogP contribution in [0.1, 0.15) is 0 Å². The summed E-state index contributed by atoms with van der Waals surface area (Å²) < 4.78 is 0. The average Bonchev–Trinajstić information content (AvgIpc) is 2.50. The third-order valence-corrected chi connectivity index (χ3v) is 3.10. The lowest BCUT2D eigenvalue weighted by atomic mass is 10.2. The van der Waals surface area contributed by atoms with Gasteiger partial charge in [-0.3, -0.25) is 5.11 Å². The zero-order valence-corrected chi connectivity index (χ0v) is 10.9. The first kappa shape index (κ1) is 12.3. The fraction of sp³-hybridized carbons (Fsp3) is 0. The first-order chi connectivity index (χ1) is 9.84. The van der Waals surface area contributed by atoms with Crippen molar-refractivity contribution >= 4 is 17.1 Å². The SMILES string of the molecule is [O]c1cccc(N(c2ccccc2)c2ccccc2)c1. The Labute approximate surface area is 118 Å². The van der Waals surface area contributed by atoms with Crippen molar-refractivity contribution in [3.8, 4) is 5.75 Å². The van der Waals surface area contributed by atoms with E-state index in [1.165, 1.54) is 0 Å². The Bertz CT molecular complexity index is 641. The number of hydrogen-bond donors (Lipinski definition) is 0. The minimum atomic E-state index is 0.0133. The highest BCUT2D eigenvalue weighted by molar-refractivity contribution is 5.76. The van der Waals surface area contributed by atoms with E-state index in [0.29, 0.717) is 0 Å². The highest BCUT2D eigenvalue weighted by atomic mass is 16.3. The first-order valence-electron chi connectivity index (χ1n) is 6.52. The van der Waals surface area contributed by atoms with Crippen LogP contribution in [0.15, 0.2) is 84.9 Å². The third-order valence-electron chi connectivity index (χ3n) is 3.10. The van der Waals surface area contributed by atoms with Crippen molar-refractivity contribution in [2.45, 2.75) is 0 Å². The highest BCUT2D eigenvalue weighted by Crippen LogP contribution is 2.35. The third kappa shape index (κ3) is 2.50. The summed E-state index contributed by atoms with van der Waals surface area (Å²) in [5.74, 6) is 0.0133. The Morgan fingerprint density at radius 2 is 1.05 bits per heavy atom. The van der Waals surface area contributed by atoms with Crippen LogP contribution in [-0.4, -0.2) is 0 Å². The van der Waals surface area contributed by atoms with Crippen LogP contribution in [-0.2, 0) is 5.11 Å². The molecular formula is C18H14NO. The molecule has 3 rings (SSSR count). The van der Waals surface area contributed by atoms with Crippen LogP contribution in [0.25, 0.3) is 0 Å². The molecule has 0 bridgehead atoms. The summed E-state index contributed by atoms with van der Waals surface area (Å²) in [6, 6.07) is 27.0. The summed E-state index contributed by atoms with van der Waals surface area (Å²) >= 11 is 0. The lowest BCUT2D eigenvalue weighted by Gasteiger charge is -2.25. The Kier molecular flexibility index (Phi) is 3.38. The van der Waals surface area contributed by atoms with Crippen molar-refractivity contribution in [2.75, 3.05) is 4.90 Å². The second-order valence-electron chi connectivity index (χ2n) is 4.50. The van der Waals surface area contributed by atoms with Gasteiger partial charge >= 0.3 is 0 Å². The zero-order valence-electron chi connectivity index (χ0n) is 10.9. The van der Waals surface area contributed by atoms with E-state index in [1.807, 2.05) is 66.7 Å². The molecule has 0 aliphatic carbocycles. The van der Waals surface area contributed by atoms with E-state index in [0.717, 1.165) is 17.1 Å². The molecular weight excluding hydrogens is 246 g/mol. The van der Waals surface area contributed by atoms with Gasteiger partial charge in [-0.25, -0.2) is 0 Å². The number of anilines is 3. The normalized spacial score (nSPS) is 10.2. The van der Waals surface area contributed by atoms with Crippen molar-refractivity contribution in [2.24, 2.45) is 0 Å². The van der Waals surface area contributed by atoms with E-state index in [1.54, 1.807) is 18.2 Å². The van der Waals surface area contributed by atoms with E-state index in [2.05, 4.69) is 4.90 Å². The van der Waals surface area contributed by atoms with Gasteiger partial charge in [0.1, 0.15) is 0 Å². The molecule has 0 aromatic heterocycles. The second kappa shape index (κ2) is 5.49. The molecule has 0 aliphatic heterocycles. The van der Waals surface area contributed by atoms with Crippen LogP contribution in [0, 0.1) is 0 Å². The Morgan fingerprint density at radius 1 is 0.550 bits per heavy atom. The predicted molar refractivity (Wildman–Crippen MR) is 81.3 cm³/mol. The molecule has 3 aromatic rings. The van der Waals surface area contributed by atoms with Crippen molar-refractivity contribution < 1.29 is 5.11 Å². The van der Waals surface area contributed by atoms with Gasteiger partial charge in [-0.1, -0.05) is 42.5 Å². The van der Waals surface area contributed by atoms with Crippen molar-refractivity contribution in [3.05, 3.63) is 84.9 Å². The van der Waals surface area contributed by atoms with Gasteiger partial charge in [-0.05, 0) is 36.4 Å². The summed E-state index contributed by atoms with van der Waals surface area (Å²) in [6.45, 7) is 0. The zero-order chi connectivity index (χ0) is 13.8. The Hall–Kier alpha value is -2.74. The summed E-state index contributed by atoms with van der Waals surface area (Å²) in [7, 11) is 0. The van der Waals surface area contributed by atoms with Gasteiger partial charge in [-0.2, -0.15) is 0 Å². The van der Waals surface area contributed by atoms with E-state index >= 15 is 0 Å². The van der Waals surface area contributed by atoms with Crippen molar-refractivity contribution in [3.63, 3.8) is 0 Å². The molecule has 0 heterocycles. The van der Waals surface area contributed by atoms with Crippen LogP contribution in [0.3, 0.4) is 0 Å². The molecule has 0 saturated carbocycles. The largest absolute Gasteiger partial charge is 0.310 e. The average molecular weight is 260 g/mol. The lowest BCUT2D eigenvalue weighted by Crippen LogP contribution is -2.09. The summed E-state index contributed by atoms with van der Waals surface area (Å²) in [5, 5.41) is 11.6. The molecule has 2 nitrogen and oxygen atoms in total. The topological polar surface area (TPSA) is 23.1 Å². The molecule has 97 valence electrons. The summed E-state index contributed by atoms with van der Waals surface area (Å²) in [6.07, 6.45) is 0. The molecule has 20 heavy (non-hydrogen) atoms. The molecule has 0 saturated heterocycles. The Morgan fingerprint density at radius 3 is 1.55 bits per heavy atom. The molecule has 3 aromatic carbocycles. The lowest BCUT2D eigenvalue weighted by molar-refractivity contribution is 0.355. The van der Waals surface area contributed by atoms with E-state index in [-0.39, 0.29) is 5.75 Å². The van der Waals surface area contributed by atoms with E-state index in [9.17, 15) is 5.11 Å². The molecule has 0 atom stereocenters. The molecule has 0 spiro atoms. The minimum absolute atomic E-state index is 0.0133. The molecule has 0 aliphatic rings. The fourth-order valence-electron chi connectivity index (χ4n) is 2.22. The number of benzene rings is 3. The van der Waals surface area contributed by atoms with Gasteiger partial charge in [0.25, 0.3) is 0 Å². The number of rotatable bonds is 3. The van der Waals surface area contributed by atoms with Gasteiger partial charge in [0.15, 0.2) is 5.75 Å². The minimum Gasteiger partial charge on any atom is -0.310 e. The van der Waals surface area contributed by atoms with Gasteiger partial charge in [-0.15, -0.1) is 0 Å². The van der Waals surface area contributed by atoms with Gasteiger partial charge in [0.2, 0.25) is 0 Å². The van der Waals surface area contributed by atoms with Crippen LogP contribution in [0.4, 0.5) is 17.1 Å². The Balaban J connectivity index is 2.14. The fourth-order valence-corrected chi connectivity index (χ4v) is 2.22. The number of hydrogen-bond acceptors (Lipinski definition) is 1. The van der Waals surface area contributed by atoms with Gasteiger partial charge in [0, 0.05) is 23.1 Å². The van der Waals surface area contributed by atoms with Crippen molar-refractivity contribution in [1.82, 2.24) is 0 Å². The maximum atomic E-state index is 11.6. The van der Waals surface area contributed by atoms with Gasteiger partial charge in [0.05, 0.1) is 0 Å². The van der Waals surface area contributed by atoms with E-state index in [4.69, 9.17) is 0 Å². The first-order valence-corrected chi connectivity index (χ1v) is 6.52. The van der Waals surface area contributed by atoms with Crippen LogP contribution < -0.4 is 4.90 Å². The van der Waals surface area contributed by atoms with Crippen LogP contribution in [0.5, 0.6) is 5.75 Å². The molecule has 0 N–H and O–H groups in total. The smallest absolute Gasteiger partial charge is 0.180 e. The maximum Gasteiger partial charge on any atom is 0.180 e. The second-order valence-corrected chi connectivity index (χ2v) is 4.50. The van der Waals surface area contributed by atoms with Crippen molar-refractivity contribution in [1.29, 1.82) is 0 Å². The quantitative estimate of drug-likeness (QED) is 0.626. The molecule has 0 fully saturated rings.